The van der Waals surface area contributed by atoms with Crippen molar-refractivity contribution < 1.29 is 4.79 Å². The number of Topliss-reactive ketones (excluding diaryl/α,β-unsaturated/α-hetero) is 1. The Labute approximate surface area is 117 Å². The van der Waals surface area contributed by atoms with Gasteiger partial charge in [0.1, 0.15) is 0 Å². The Morgan fingerprint density at radius 2 is 2.05 bits per heavy atom. The lowest BCUT2D eigenvalue weighted by atomic mass is 9.85. The van der Waals surface area contributed by atoms with E-state index in [1.807, 2.05) is 12.2 Å². The quantitative estimate of drug-likeness (QED) is 0.667. The van der Waals surface area contributed by atoms with Gasteiger partial charge in [-0.2, -0.15) is 0 Å². The molecule has 2 aliphatic rings. The van der Waals surface area contributed by atoms with Gasteiger partial charge in [0.15, 0.2) is 5.78 Å². The highest BCUT2D eigenvalue weighted by Gasteiger charge is 2.16. The molecule has 1 nitrogen and oxygen atoms in total. The Kier molecular flexibility index (Phi) is 5.62. The summed E-state index contributed by atoms with van der Waals surface area (Å²) < 4.78 is 0. The van der Waals surface area contributed by atoms with Gasteiger partial charge in [-0.05, 0) is 25.2 Å². The fourth-order valence-corrected chi connectivity index (χ4v) is 3.09. The molecule has 0 aromatic rings. The summed E-state index contributed by atoms with van der Waals surface area (Å²) in [5, 5.41) is 0. The van der Waals surface area contributed by atoms with Gasteiger partial charge in [0.2, 0.25) is 0 Å². The Balaban J connectivity index is 1.81. The van der Waals surface area contributed by atoms with Crippen LogP contribution in [0.25, 0.3) is 0 Å². The molecule has 0 bridgehead atoms. The van der Waals surface area contributed by atoms with Crippen LogP contribution in [0, 0.1) is 5.92 Å². The topological polar surface area (TPSA) is 17.1 Å². The average molecular weight is 258 g/mol. The van der Waals surface area contributed by atoms with Crippen molar-refractivity contribution in [3.8, 4) is 0 Å². The van der Waals surface area contributed by atoms with Crippen molar-refractivity contribution in [2.75, 3.05) is 0 Å². The Bertz CT molecular complexity index is 392. The average Bonchev–Trinajstić information content (AvgIpc) is 2.71. The largest absolute Gasteiger partial charge is 0.294 e. The maximum absolute atomic E-state index is 12.2. The van der Waals surface area contributed by atoms with E-state index >= 15 is 0 Å². The molecule has 0 atom stereocenters. The zero-order valence-electron chi connectivity index (χ0n) is 12.2. The first kappa shape index (κ1) is 14.3. The molecule has 0 amide bonds. The van der Waals surface area contributed by atoms with Gasteiger partial charge >= 0.3 is 0 Å². The van der Waals surface area contributed by atoms with Crippen LogP contribution in [0.3, 0.4) is 0 Å². The molecule has 1 heteroatoms. The minimum Gasteiger partial charge on any atom is -0.294 e. The molecule has 1 fully saturated rings. The molecule has 0 saturated heterocycles. The van der Waals surface area contributed by atoms with E-state index in [-0.39, 0.29) is 0 Å². The molecule has 0 heterocycles. The lowest BCUT2D eigenvalue weighted by Gasteiger charge is -2.20. The highest BCUT2D eigenvalue weighted by molar-refractivity contribution is 5.98. The first-order valence-electron chi connectivity index (χ1n) is 7.89. The second-order valence-electron chi connectivity index (χ2n) is 5.87. The van der Waals surface area contributed by atoms with Crippen molar-refractivity contribution in [2.24, 2.45) is 5.92 Å². The van der Waals surface area contributed by atoms with Gasteiger partial charge in [-0.1, -0.05) is 68.9 Å². The third kappa shape index (κ3) is 4.49. The summed E-state index contributed by atoms with van der Waals surface area (Å²) in [6.45, 7) is 2.17. The standard InChI is InChI=1S/C18H26O/c1-2-15-9-6-10-17(13-11-15)18(19)14-12-16-7-4-3-5-8-16/h6,9-10,13,16H,2-5,7-8,11-12,14H2,1H3. The van der Waals surface area contributed by atoms with Gasteiger partial charge in [-0.15, -0.1) is 0 Å². The number of ketones is 1. The van der Waals surface area contributed by atoms with E-state index in [1.165, 1.54) is 37.7 Å². The van der Waals surface area contributed by atoms with Crippen LogP contribution < -0.4 is 0 Å². The van der Waals surface area contributed by atoms with Crippen molar-refractivity contribution in [1.82, 2.24) is 0 Å². The smallest absolute Gasteiger partial charge is 0.162 e. The van der Waals surface area contributed by atoms with Gasteiger partial charge in [0.25, 0.3) is 0 Å². The lowest BCUT2D eigenvalue weighted by Crippen LogP contribution is -2.09. The predicted molar refractivity (Wildman–Crippen MR) is 81.0 cm³/mol. The molecular formula is C18H26O. The normalized spacial score (nSPS) is 20.7. The molecule has 0 aromatic carbocycles. The van der Waals surface area contributed by atoms with Crippen LogP contribution in [0.2, 0.25) is 0 Å². The van der Waals surface area contributed by atoms with E-state index in [4.69, 9.17) is 0 Å². The first-order valence-corrected chi connectivity index (χ1v) is 7.89. The van der Waals surface area contributed by atoms with Crippen LogP contribution in [0.1, 0.15) is 64.7 Å². The predicted octanol–water partition coefficient (Wildman–Crippen LogP) is 5.14. The van der Waals surface area contributed by atoms with Crippen LogP contribution in [-0.2, 0) is 4.79 Å². The van der Waals surface area contributed by atoms with Crippen LogP contribution in [0.5, 0.6) is 0 Å². The number of allylic oxidation sites excluding steroid dienone is 6. The van der Waals surface area contributed by atoms with Crippen molar-refractivity contribution in [1.29, 1.82) is 0 Å². The van der Waals surface area contributed by atoms with Gasteiger partial charge in [-0.3, -0.25) is 4.79 Å². The van der Waals surface area contributed by atoms with E-state index in [9.17, 15) is 4.79 Å². The monoisotopic (exact) mass is 258 g/mol. The molecule has 2 rings (SSSR count). The summed E-state index contributed by atoms with van der Waals surface area (Å²) in [4.78, 5) is 12.2. The molecule has 0 spiro atoms. The minimum atomic E-state index is 0.340. The molecule has 2 aliphatic carbocycles. The van der Waals surface area contributed by atoms with Crippen molar-refractivity contribution >= 4 is 5.78 Å². The molecule has 0 N–H and O–H groups in total. The molecule has 0 aliphatic heterocycles. The summed E-state index contributed by atoms with van der Waals surface area (Å²) in [5.41, 5.74) is 2.34. The third-order valence-corrected chi connectivity index (χ3v) is 4.47. The van der Waals surface area contributed by atoms with Crippen molar-refractivity contribution in [2.45, 2.75) is 64.7 Å². The van der Waals surface area contributed by atoms with E-state index in [1.54, 1.807) is 0 Å². The Morgan fingerprint density at radius 1 is 1.26 bits per heavy atom. The van der Waals surface area contributed by atoms with Crippen LogP contribution in [0.15, 0.2) is 35.5 Å². The molecule has 1 saturated carbocycles. The van der Waals surface area contributed by atoms with E-state index in [0.29, 0.717) is 5.78 Å². The molecule has 0 unspecified atom stereocenters. The molecule has 0 radical (unpaired) electrons. The highest BCUT2D eigenvalue weighted by atomic mass is 16.1. The van der Waals surface area contributed by atoms with Crippen molar-refractivity contribution in [3.05, 3.63) is 35.5 Å². The zero-order chi connectivity index (χ0) is 13.5. The molecule has 0 aromatic heterocycles. The SMILES string of the molecule is CCC1=CC=CC(C(=O)CCC2CCCCC2)=CC1. The number of hydrogen-bond acceptors (Lipinski definition) is 1. The number of rotatable bonds is 5. The first-order chi connectivity index (χ1) is 9.29. The minimum absolute atomic E-state index is 0.340. The van der Waals surface area contributed by atoms with E-state index < -0.39 is 0 Å². The summed E-state index contributed by atoms with van der Waals surface area (Å²) >= 11 is 0. The van der Waals surface area contributed by atoms with Crippen LogP contribution in [0.4, 0.5) is 0 Å². The van der Waals surface area contributed by atoms with Crippen LogP contribution in [-0.4, -0.2) is 5.78 Å². The van der Waals surface area contributed by atoms with E-state index in [0.717, 1.165) is 37.2 Å². The second kappa shape index (κ2) is 7.47. The summed E-state index contributed by atoms with van der Waals surface area (Å²) in [5.74, 6) is 1.14. The highest BCUT2D eigenvalue weighted by Crippen LogP contribution is 2.28. The van der Waals surface area contributed by atoms with Gasteiger partial charge in [-0.25, -0.2) is 0 Å². The number of carbonyl (C=O) groups is 1. The number of hydrogen-bond donors (Lipinski definition) is 0. The maximum Gasteiger partial charge on any atom is 0.162 e. The fraction of sp³-hybridized carbons (Fsp3) is 0.611. The molecule has 19 heavy (non-hydrogen) atoms. The Morgan fingerprint density at radius 3 is 2.79 bits per heavy atom. The Hall–Kier alpha value is -1.11. The van der Waals surface area contributed by atoms with Crippen LogP contribution >= 0.6 is 0 Å². The van der Waals surface area contributed by atoms with Gasteiger partial charge in [0, 0.05) is 12.0 Å². The lowest BCUT2D eigenvalue weighted by molar-refractivity contribution is -0.115. The summed E-state index contributed by atoms with van der Waals surface area (Å²) in [6, 6.07) is 0. The van der Waals surface area contributed by atoms with Crippen molar-refractivity contribution in [3.63, 3.8) is 0 Å². The van der Waals surface area contributed by atoms with Gasteiger partial charge < -0.3 is 0 Å². The molecular weight excluding hydrogens is 232 g/mol. The van der Waals surface area contributed by atoms with Gasteiger partial charge in [0.05, 0.1) is 0 Å². The summed E-state index contributed by atoms with van der Waals surface area (Å²) in [6.07, 6.45) is 18.9. The maximum atomic E-state index is 12.2. The molecule has 104 valence electrons. The summed E-state index contributed by atoms with van der Waals surface area (Å²) in [7, 11) is 0. The number of carbonyl (C=O) groups excluding carboxylic acids is 1. The zero-order valence-corrected chi connectivity index (χ0v) is 12.2. The van der Waals surface area contributed by atoms with E-state index in [2.05, 4.69) is 19.1 Å². The third-order valence-electron chi connectivity index (χ3n) is 4.47. The second-order valence-corrected chi connectivity index (χ2v) is 5.87. The fourth-order valence-electron chi connectivity index (χ4n) is 3.09.